The van der Waals surface area contributed by atoms with E-state index in [-0.39, 0.29) is 51.8 Å². The third-order valence-corrected chi connectivity index (χ3v) is 10.3. The fraction of sp³-hybridized carbons (Fsp3) is 0.350. The topological polar surface area (TPSA) is 117 Å². The number of ether oxygens (including phenoxy) is 4. The van der Waals surface area contributed by atoms with E-state index >= 15 is 0 Å². The number of ketones is 2. The van der Waals surface area contributed by atoms with Gasteiger partial charge in [-0.2, -0.15) is 0 Å². The van der Waals surface area contributed by atoms with E-state index in [0.717, 1.165) is 11.1 Å². The van der Waals surface area contributed by atoms with Crippen LogP contribution in [0.15, 0.2) is 72.8 Å². The van der Waals surface area contributed by atoms with Crippen molar-refractivity contribution in [2.45, 2.75) is 39.5 Å². The Morgan fingerprint density at radius 2 is 1.04 bits per heavy atom. The summed E-state index contributed by atoms with van der Waals surface area (Å²) in [4.78, 5) is 26.3. The molecule has 4 aromatic rings. The van der Waals surface area contributed by atoms with Gasteiger partial charge in [-0.25, -0.2) is 8.78 Å². The van der Waals surface area contributed by atoms with Crippen LogP contribution < -0.4 is 24.7 Å². The summed E-state index contributed by atoms with van der Waals surface area (Å²) in [5, 5.41) is 9.64. The van der Waals surface area contributed by atoms with Gasteiger partial charge in [0, 0.05) is 23.7 Å². The Kier molecular flexibility index (Phi) is 9.87. The molecule has 8 nitrogen and oxygen atoms in total. The second kappa shape index (κ2) is 13.7. The summed E-state index contributed by atoms with van der Waals surface area (Å²) >= 11 is 0. The lowest BCUT2D eigenvalue weighted by atomic mass is 10.0. The van der Waals surface area contributed by atoms with Crippen LogP contribution in [0.2, 0.25) is 0 Å². The monoisotopic (exact) mass is 687 g/mol. The van der Waals surface area contributed by atoms with Gasteiger partial charge in [-0.3, -0.25) is 9.59 Å². The number of carbonyl (C=O) groups is 2. The van der Waals surface area contributed by atoms with Gasteiger partial charge >= 0.3 is 0 Å². The van der Waals surface area contributed by atoms with Crippen LogP contribution in [0.25, 0.3) is 0 Å². The Morgan fingerprint density at radius 1 is 0.620 bits per heavy atom. The van der Waals surface area contributed by atoms with Crippen molar-refractivity contribution in [3.63, 3.8) is 0 Å². The molecule has 6 rings (SSSR count). The highest BCUT2D eigenvalue weighted by Crippen LogP contribution is 2.67. The number of hydrogen-bond donors (Lipinski definition) is 2. The minimum absolute atomic E-state index is 0.00588. The summed E-state index contributed by atoms with van der Waals surface area (Å²) in [5.41, 5.74) is 7.86. The summed E-state index contributed by atoms with van der Waals surface area (Å²) in [5.74, 6) is 0.0226. The lowest BCUT2D eigenvalue weighted by molar-refractivity contribution is 0.0940. The second-order valence-corrected chi connectivity index (χ2v) is 13.9. The first-order chi connectivity index (χ1) is 23.6. The predicted octanol–water partition coefficient (Wildman–Crippen LogP) is 8.22. The van der Waals surface area contributed by atoms with Crippen LogP contribution in [0.1, 0.15) is 71.4 Å². The molecule has 2 aliphatic carbocycles. The van der Waals surface area contributed by atoms with Crippen LogP contribution in [-0.2, 0) is 0 Å². The Labute approximate surface area is 291 Å². The summed E-state index contributed by atoms with van der Waals surface area (Å²) in [6.45, 7) is 8.05. The maximum absolute atomic E-state index is 13.5. The zero-order valence-electron chi connectivity index (χ0n) is 29.5. The molecule has 0 saturated heterocycles. The number of anilines is 1. The van der Waals surface area contributed by atoms with Crippen molar-refractivity contribution >= 4 is 17.3 Å². The smallest absolute Gasteiger partial charge is 0.170 e. The van der Waals surface area contributed by atoms with E-state index in [9.17, 15) is 23.5 Å². The molecule has 0 heterocycles. The van der Waals surface area contributed by atoms with Crippen molar-refractivity contribution in [2.24, 2.45) is 22.7 Å². The minimum Gasteiger partial charge on any atom is -0.505 e. The molecule has 2 aliphatic rings. The normalized spacial score (nSPS) is 20.8. The van der Waals surface area contributed by atoms with Gasteiger partial charge in [0.15, 0.2) is 23.1 Å². The molecule has 10 heteroatoms. The van der Waals surface area contributed by atoms with Crippen molar-refractivity contribution in [2.75, 3.05) is 34.2 Å². The summed E-state index contributed by atoms with van der Waals surface area (Å²) in [6, 6.07) is 19.2. The average Bonchev–Trinajstić information content (AvgIpc) is 3.91. The highest BCUT2D eigenvalue weighted by molar-refractivity contribution is 6.04. The van der Waals surface area contributed by atoms with Gasteiger partial charge in [-0.15, -0.1) is 0 Å². The second-order valence-electron chi connectivity index (χ2n) is 13.9. The number of aromatic hydroxyl groups is 1. The van der Waals surface area contributed by atoms with Crippen LogP contribution in [-0.4, -0.2) is 45.1 Å². The molecule has 0 aliphatic heterocycles. The SMILES string of the molecule is COc1ccc(OC)c(C(=O)C2C(c3ccc(F)c(N)c3)C2(C)C)c1.COc1ccc(OC)c(C(=O)C2C(c3ccc(F)c(O)c3)C2(C)C)c1. The van der Waals surface area contributed by atoms with Crippen molar-refractivity contribution < 1.29 is 42.4 Å². The molecule has 0 spiro atoms. The number of rotatable bonds is 10. The number of hydrogen-bond acceptors (Lipinski definition) is 8. The maximum atomic E-state index is 13.5. The highest BCUT2D eigenvalue weighted by atomic mass is 19.1. The molecule has 50 heavy (non-hydrogen) atoms. The first kappa shape index (κ1) is 36.2. The van der Waals surface area contributed by atoms with Gasteiger partial charge in [-0.1, -0.05) is 39.8 Å². The van der Waals surface area contributed by atoms with Gasteiger partial charge < -0.3 is 29.8 Å². The molecule has 4 unspecified atom stereocenters. The minimum atomic E-state index is -0.667. The molecule has 0 amide bonds. The van der Waals surface area contributed by atoms with Crippen LogP contribution in [0.4, 0.5) is 14.5 Å². The zero-order valence-corrected chi connectivity index (χ0v) is 29.5. The Balaban J connectivity index is 0.000000194. The van der Waals surface area contributed by atoms with Crippen molar-refractivity contribution in [3.05, 3.63) is 107 Å². The first-order valence-electron chi connectivity index (χ1n) is 16.2. The molecule has 264 valence electrons. The number of carbonyl (C=O) groups excluding carboxylic acids is 2. The number of phenols is 1. The molecule has 0 bridgehead atoms. The fourth-order valence-corrected chi connectivity index (χ4v) is 7.33. The number of nitrogen functional groups attached to an aromatic ring is 1. The number of methoxy groups -OCH3 is 4. The van der Waals surface area contributed by atoms with Crippen molar-refractivity contribution in [1.82, 2.24) is 0 Å². The molecule has 2 saturated carbocycles. The molecule has 3 N–H and O–H groups in total. The van der Waals surface area contributed by atoms with E-state index in [4.69, 9.17) is 24.7 Å². The van der Waals surface area contributed by atoms with Crippen molar-refractivity contribution in [3.8, 4) is 28.7 Å². The van der Waals surface area contributed by atoms with Crippen LogP contribution in [0.5, 0.6) is 28.7 Å². The molecular formula is C40H43F2NO7. The van der Waals surface area contributed by atoms with E-state index < -0.39 is 17.4 Å². The number of halogens is 2. The standard InChI is InChI=1S/C20H22FNO3.C20H21FO4/c2*1-20(2)17(11-5-7-14(21)15(22)9-11)18(20)19(23)13-10-12(24-3)6-8-16(13)25-4/h5-10,17-18H,22H2,1-4H3;5-10,17-18,22H,1-4H3. The number of nitrogens with two attached hydrogens (primary N) is 1. The van der Waals surface area contributed by atoms with E-state index in [0.29, 0.717) is 34.1 Å². The van der Waals surface area contributed by atoms with Gasteiger partial charge in [-0.05, 0) is 82.6 Å². The fourth-order valence-electron chi connectivity index (χ4n) is 7.33. The third-order valence-electron chi connectivity index (χ3n) is 10.3. The summed E-state index contributed by atoms with van der Waals surface area (Å²) < 4.78 is 47.9. The van der Waals surface area contributed by atoms with E-state index in [1.54, 1.807) is 68.8 Å². The molecule has 0 radical (unpaired) electrons. The van der Waals surface area contributed by atoms with Crippen LogP contribution in [0, 0.1) is 34.3 Å². The molecular weight excluding hydrogens is 644 g/mol. The Morgan fingerprint density at radius 3 is 1.42 bits per heavy atom. The van der Waals surface area contributed by atoms with E-state index in [2.05, 4.69) is 0 Å². The van der Waals surface area contributed by atoms with E-state index in [1.165, 1.54) is 32.4 Å². The van der Waals surface area contributed by atoms with Crippen LogP contribution in [0.3, 0.4) is 0 Å². The number of Topliss-reactive ketones (excluding diaryl/α,β-unsaturated/α-hetero) is 2. The van der Waals surface area contributed by atoms with Gasteiger partial charge in [0.1, 0.15) is 28.8 Å². The molecule has 2 fully saturated rings. The zero-order chi connectivity index (χ0) is 36.7. The lowest BCUT2D eigenvalue weighted by Gasteiger charge is -2.10. The average molecular weight is 688 g/mol. The number of phenolic OH excluding ortho intramolecular Hbond substituents is 1. The first-order valence-corrected chi connectivity index (χ1v) is 16.2. The summed E-state index contributed by atoms with van der Waals surface area (Å²) in [7, 11) is 6.16. The highest BCUT2D eigenvalue weighted by Gasteiger charge is 2.63. The quantitative estimate of drug-likeness (QED) is 0.127. The van der Waals surface area contributed by atoms with Gasteiger partial charge in [0.2, 0.25) is 0 Å². The summed E-state index contributed by atoms with van der Waals surface area (Å²) in [6.07, 6.45) is 0. The molecule has 4 aromatic carbocycles. The van der Waals surface area contributed by atoms with E-state index in [1.807, 2.05) is 27.7 Å². The van der Waals surface area contributed by atoms with Crippen molar-refractivity contribution in [1.29, 1.82) is 0 Å². The maximum Gasteiger partial charge on any atom is 0.170 e. The number of benzene rings is 4. The van der Waals surface area contributed by atoms with Gasteiger partial charge in [0.05, 0.1) is 45.3 Å². The molecule has 4 atom stereocenters. The lowest BCUT2D eigenvalue weighted by Crippen LogP contribution is -2.09. The Hall–Kier alpha value is -5.12. The van der Waals surface area contributed by atoms with Crippen LogP contribution >= 0.6 is 0 Å². The third kappa shape index (κ3) is 6.58. The van der Waals surface area contributed by atoms with Gasteiger partial charge in [0.25, 0.3) is 0 Å². The largest absolute Gasteiger partial charge is 0.505 e. The molecule has 0 aromatic heterocycles. The predicted molar refractivity (Wildman–Crippen MR) is 187 cm³/mol. The Bertz CT molecular complexity index is 1800.